The Kier molecular flexibility index (Phi) is 2.84. The number of hydrogen-bond donors (Lipinski definition) is 1. The van der Waals surface area contributed by atoms with Crippen LogP contribution in [0.4, 0.5) is 5.69 Å². The molecule has 1 aromatic carbocycles. The number of nitrogens with zero attached hydrogens (tertiary/aromatic N) is 2. The molecule has 0 amide bonds. The summed E-state index contributed by atoms with van der Waals surface area (Å²) >= 11 is 0. The zero-order chi connectivity index (χ0) is 12.4. The Morgan fingerprint density at radius 2 is 2.24 bits per heavy atom. The number of rotatable bonds is 2. The predicted octanol–water partition coefficient (Wildman–Crippen LogP) is 1.87. The summed E-state index contributed by atoms with van der Waals surface area (Å²) < 4.78 is 1.93. The molecule has 0 unspecified atom stereocenters. The molecule has 0 saturated heterocycles. The maximum absolute atomic E-state index is 12.0. The van der Waals surface area contributed by atoms with Crippen molar-refractivity contribution in [1.29, 1.82) is 5.26 Å². The second kappa shape index (κ2) is 4.30. The number of pyridine rings is 1. The van der Waals surface area contributed by atoms with Crippen LogP contribution in [0.15, 0.2) is 29.2 Å². The molecule has 0 aliphatic carbocycles. The van der Waals surface area contributed by atoms with E-state index >= 15 is 0 Å². The molecule has 0 radical (unpaired) electrons. The van der Waals surface area contributed by atoms with E-state index in [0.717, 1.165) is 18.5 Å². The second-order valence-corrected chi connectivity index (χ2v) is 3.95. The third-order valence-electron chi connectivity index (χ3n) is 2.69. The molecule has 0 bridgehead atoms. The highest BCUT2D eigenvalue weighted by atomic mass is 16.1. The van der Waals surface area contributed by atoms with E-state index in [2.05, 4.69) is 0 Å². The molecule has 17 heavy (non-hydrogen) atoms. The molecular weight excluding hydrogens is 214 g/mol. The number of benzene rings is 1. The molecule has 1 heterocycles. The molecule has 4 heteroatoms. The summed E-state index contributed by atoms with van der Waals surface area (Å²) in [6, 6.07) is 7.15. The molecule has 1 aromatic heterocycles. The van der Waals surface area contributed by atoms with E-state index < -0.39 is 0 Å². The van der Waals surface area contributed by atoms with Crippen molar-refractivity contribution >= 4 is 16.6 Å². The van der Waals surface area contributed by atoms with Gasteiger partial charge in [-0.2, -0.15) is 5.26 Å². The first-order valence-corrected chi connectivity index (χ1v) is 5.50. The van der Waals surface area contributed by atoms with Crippen molar-refractivity contribution in [1.82, 2.24) is 4.57 Å². The quantitative estimate of drug-likeness (QED) is 0.796. The molecule has 2 N–H and O–H groups in total. The van der Waals surface area contributed by atoms with Crippen LogP contribution in [0, 0.1) is 11.3 Å². The van der Waals surface area contributed by atoms with Crippen LogP contribution in [0.5, 0.6) is 0 Å². The molecule has 2 rings (SSSR count). The first-order chi connectivity index (χ1) is 8.17. The Bertz CT molecular complexity index is 665. The minimum Gasteiger partial charge on any atom is -0.399 e. The lowest BCUT2D eigenvalue weighted by atomic mass is 10.1. The maximum Gasteiger partial charge on any atom is 0.207 e. The Morgan fingerprint density at radius 3 is 2.88 bits per heavy atom. The molecule has 0 spiro atoms. The fraction of sp³-hybridized carbons (Fsp3) is 0.231. The number of aromatic nitrogens is 1. The van der Waals surface area contributed by atoms with Gasteiger partial charge in [-0.25, -0.2) is 0 Å². The van der Waals surface area contributed by atoms with Gasteiger partial charge >= 0.3 is 0 Å². The highest BCUT2D eigenvalue weighted by molar-refractivity contribution is 5.83. The van der Waals surface area contributed by atoms with Crippen LogP contribution in [0.25, 0.3) is 10.9 Å². The fourth-order valence-corrected chi connectivity index (χ4v) is 1.92. The first-order valence-electron chi connectivity index (χ1n) is 5.50. The van der Waals surface area contributed by atoms with Gasteiger partial charge in [0, 0.05) is 23.8 Å². The van der Waals surface area contributed by atoms with Gasteiger partial charge in [0.2, 0.25) is 5.43 Å². The Hall–Kier alpha value is -2.28. The van der Waals surface area contributed by atoms with E-state index in [4.69, 9.17) is 11.0 Å². The van der Waals surface area contributed by atoms with Gasteiger partial charge in [0.15, 0.2) is 0 Å². The third kappa shape index (κ3) is 1.87. The number of nitrogen functional groups attached to an aromatic ring is 1. The summed E-state index contributed by atoms with van der Waals surface area (Å²) in [5.41, 5.74) is 6.95. The fourth-order valence-electron chi connectivity index (χ4n) is 1.92. The molecule has 0 atom stereocenters. The minimum atomic E-state index is -0.248. The number of nitrogens with two attached hydrogens (primary N) is 1. The van der Waals surface area contributed by atoms with Crippen molar-refractivity contribution in [2.45, 2.75) is 19.9 Å². The largest absolute Gasteiger partial charge is 0.399 e. The maximum atomic E-state index is 12.0. The third-order valence-corrected chi connectivity index (χ3v) is 2.69. The lowest BCUT2D eigenvalue weighted by Gasteiger charge is -2.10. The van der Waals surface area contributed by atoms with Gasteiger partial charge in [0.25, 0.3) is 0 Å². The highest BCUT2D eigenvalue weighted by Gasteiger charge is 2.08. The lowest BCUT2D eigenvalue weighted by Crippen LogP contribution is -2.13. The number of aryl methyl sites for hydroxylation is 1. The van der Waals surface area contributed by atoms with Gasteiger partial charge in [-0.05, 0) is 24.6 Å². The molecule has 0 fully saturated rings. The van der Waals surface area contributed by atoms with E-state index in [9.17, 15) is 4.79 Å². The normalized spacial score (nSPS) is 10.4. The minimum absolute atomic E-state index is 0.163. The molecule has 2 aromatic rings. The monoisotopic (exact) mass is 227 g/mol. The topological polar surface area (TPSA) is 71.8 Å². The number of anilines is 1. The SMILES string of the molecule is CCCn1cc(C#N)c(=O)c2cc(N)ccc21. The molecule has 86 valence electrons. The number of hydrogen-bond acceptors (Lipinski definition) is 3. The van der Waals surface area contributed by atoms with Gasteiger partial charge in [0.05, 0.1) is 5.52 Å². The van der Waals surface area contributed by atoms with Gasteiger partial charge < -0.3 is 10.3 Å². The van der Waals surface area contributed by atoms with Crippen LogP contribution in [0.2, 0.25) is 0 Å². The second-order valence-electron chi connectivity index (χ2n) is 3.95. The first kappa shape index (κ1) is 11.2. The Labute approximate surface area is 98.9 Å². The smallest absolute Gasteiger partial charge is 0.207 e. The van der Waals surface area contributed by atoms with Crippen LogP contribution in [-0.2, 0) is 6.54 Å². The van der Waals surface area contributed by atoms with E-state index in [1.807, 2.05) is 23.6 Å². The van der Waals surface area contributed by atoms with Crippen LogP contribution >= 0.6 is 0 Å². The molecule has 4 nitrogen and oxygen atoms in total. The lowest BCUT2D eigenvalue weighted by molar-refractivity contribution is 0.696. The molecular formula is C13H13N3O. The van der Waals surface area contributed by atoms with Gasteiger partial charge in [-0.1, -0.05) is 6.92 Å². The average Bonchev–Trinajstić information content (AvgIpc) is 2.33. The van der Waals surface area contributed by atoms with Gasteiger partial charge in [0.1, 0.15) is 11.6 Å². The zero-order valence-corrected chi connectivity index (χ0v) is 9.60. The Balaban J connectivity index is 2.88. The van der Waals surface area contributed by atoms with Crippen molar-refractivity contribution in [3.63, 3.8) is 0 Å². The summed E-state index contributed by atoms with van der Waals surface area (Å²) in [6.07, 6.45) is 2.55. The standard InChI is InChI=1S/C13H13N3O/c1-2-5-16-8-9(7-14)13(17)11-6-10(15)3-4-12(11)16/h3-4,6,8H,2,5,15H2,1H3. The zero-order valence-electron chi connectivity index (χ0n) is 9.60. The summed E-state index contributed by atoms with van der Waals surface area (Å²) in [5.74, 6) is 0. The summed E-state index contributed by atoms with van der Waals surface area (Å²) in [6.45, 7) is 2.82. The van der Waals surface area contributed by atoms with Crippen molar-refractivity contribution in [3.05, 3.63) is 40.2 Å². The summed E-state index contributed by atoms with van der Waals surface area (Å²) in [4.78, 5) is 12.0. The van der Waals surface area contributed by atoms with Crippen molar-refractivity contribution in [2.75, 3.05) is 5.73 Å². The van der Waals surface area contributed by atoms with E-state index in [-0.39, 0.29) is 11.0 Å². The predicted molar refractivity (Wildman–Crippen MR) is 67.6 cm³/mol. The summed E-state index contributed by atoms with van der Waals surface area (Å²) in [5, 5.41) is 9.46. The summed E-state index contributed by atoms with van der Waals surface area (Å²) in [7, 11) is 0. The van der Waals surface area contributed by atoms with Crippen LogP contribution in [-0.4, -0.2) is 4.57 Å². The molecule has 0 aliphatic rings. The van der Waals surface area contributed by atoms with Crippen LogP contribution < -0.4 is 11.2 Å². The average molecular weight is 227 g/mol. The van der Waals surface area contributed by atoms with Crippen LogP contribution in [0.1, 0.15) is 18.9 Å². The molecule has 0 saturated carbocycles. The van der Waals surface area contributed by atoms with Crippen molar-refractivity contribution < 1.29 is 0 Å². The highest BCUT2D eigenvalue weighted by Crippen LogP contribution is 2.15. The Morgan fingerprint density at radius 1 is 1.47 bits per heavy atom. The molecule has 0 aliphatic heterocycles. The van der Waals surface area contributed by atoms with Gasteiger partial charge in [-0.15, -0.1) is 0 Å². The van der Waals surface area contributed by atoms with Crippen molar-refractivity contribution in [3.8, 4) is 6.07 Å². The van der Waals surface area contributed by atoms with E-state index in [0.29, 0.717) is 11.1 Å². The van der Waals surface area contributed by atoms with E-state index in [1.165, 1.54) is 0 Å². The van der Waals surface area contributed by atoms with Crippen molar-refractivity contribution in [2.24, 2.45) is 0 Å². The van der Waals surface area contributed by atoms with E-state index in [1.54, 1.807) is 18.3 Å². The van der Waals surface area contributed by atoms with Crippen LogP contribution in [0.3, 0.4) is 0 Å². The van der Waals surface area contributed by atoms with Gasteiger partial charge in [-0.3, -0.25) is 4.79 Å². The number of fused-ring (bicyclic) bond motifs is 1. The number of nitriles is 1.